The fourth-order valence-electron chi connectivity index (χ4n) is 2.46. The molecule has 34 heavy (non-hydrogen) atoms. The van der Waals surface area contributed by atoms with Crippen LogP contribution in [0.25, 0.3) is 0 Å². The van der Waals surface area contributed by atoms with Gasteiger partial charge in [0.15, 0.2) is 0 Å². The number of likely N-dealkylation sites (N-methyl/N-ethyl adjacent to an activating group) is 1. The van der Waals surface area contributed by atoms with E-state index in [2.05, 4.69) is 35.6 Å². The van der Waals surface area contributed by atoms with Crippen molar-refractivity contribution in [3.05, 3.63) is 58.4 Å². The van der Waals surface area contributed by atoms with Crippen molar-refractivity contribution in [2.45, 2.75) is 68.7 Å². The molecule has 0 radical (unpaired) electrons. The number of nitro groups is 1. The van der Waals surface area contributed by atoms with Crippen molar-refractivity contribution < 1.29 is 9.66 Å². The lowest BCUT2D eigenvalue weighted by atomic mass is 10.2. The van der Waals surface area contributed by atoms with Gasteiger partial charge >= 0.3 is 0 Å². The molecule has 1 saturated heterocycles. The maximum atomic E-state index is 10.5. The van der Waals surface area contributed by atoms with Gasteiger partial charge in [0.05, 0.1) is 11.5 Å². The summed E-state index contributed by atoms with van der Waals surface area (Å²) in [6.07, 6.45) is 6.98. The number of ether oxygens (including phenoxy) is 1. The SMILES string of the molecule is C/C=C\C(=C/C)OCCC.CC.CC.CC#CC.CN1CCN(c2ccc([N+](=O)[O-])cc2)CC1. The summed E-state index contributed by atoms with van der Waals surface area (Å²) in [5, 5.41) is 10.5. The number of hydrogen-bond donors (Lipinski definition) is 0. The molecule has 0 bridgehead atoms. The van der Waals surface area contributed by atoms with Gasteiger partial charge in [0.2, 0.25) is 0 Å². The number of piperazine rings is 1. The third-order valence-electron chi connectivity index (χ3n) is 4.27. The summed E-state index contributed by atoms with van der Waals surface area (Å²) >= 11 is 0. The predicted octanol–water partition coefficient (Wildman–Crippen LogP) is 7.32. The number of anilines is 1. The van der Waals surface area contributed by atoms with E-state index in [9.17, 15) is 10.1 Å². The average Bonchev–Trinajstić information content (AvgIpc) is 2.90. The molecule has 1 aliphatic heterocycles. The van der Waals surface area contributed by atoms with E-state index < -0.39 is 0 Å². The molecule has 0 spiro atoms. The summed E-state index contributed by atoms with van der Waals surface area (Å²) in [5.74, 6) is 6.32. The Labute approximate surface area is 209 Å². The monoisotopic (exact) mass is 475 g/mol. The fourth-order valence-corrected chi connectivity index (χ4v) is 2.46. The Balaban J connectivity index is -0.000000459. The van der Waals surface area contributed by atoms with E-state index in [0.29, 0.717) is 0 Å². The minimum atomic E-state index is -0.367. The van der Waals surface area contributed by atoms with Gasteiger partial charge in [-0.05, 0) is 65.4 Å². The van der Waals surface area contributed by atoms with E-state index in [0.717, 1.165) is 50.7 Å². The van der Waals surface area contributed by atoms with Gasteiger partial charge in [0.1, 0.15) is 5.76 Å². The molecule has 0 amide bonds. The second kappa shape index (κ2) is 26.5. The van der Waals surface area contributed by atoms with E-state index >= 15 is 0 Å². The minimum absolute atomic E-state index is 0.151. The molecule has 1 aromatic carbocycles. The molecular weight excluding hydrogens is 426 g/mol. The first kappa shape index (κ1) is 35.8. The summed E-state index contributed by atoms with van der Waals surface area (Å²) in [6.45, 7) is 22.5. The van der Waals surface area contributed by atoms with Crippen LogP contribution >= 0.6 is 0 Å². The average molecular weight is 476 g/mol. The van der Waals surface area contributed by atoms with Crippen LogP contribution in [0.5, 0.6) is 0 Å². The molecule has 0 aliphatic carbocycles. The largest absolute Gasteiger partial charge is 0.494 e. The van der Waals surface area contributed by atoms with Crippen molar-refractivity contribution in [2.75, 3.05) is 44.7 Å². The molecule has 1 aliphatic rings. The van der Waals surface area contributed by atoms with Crippen LogP contribution in [-0.2, 0) is 4.74 Å². The van der Waals surface area contributed by atoms with Crippen LogP contribution in [0.3, 0.4) is 0 Å². The highest BCUT2D eigenvalue weighted by Gasteiger charge is 2.14. The summed E-state index contributed by atoms with van der Waals surface area (Å²) in [5.41, 5.74) is 1.22. The molecule has 1 fully saturated rings. The van der Waals surface area contributed by atoms with Crippen molar-refractivity contribution in [2.24, 2.45) is 0 Å². The number of rotatable bonds is 6. The van der Waals surface area contributed by atoms with Gasteiger partial charge in [-0.3, -0.25) is 10.1 Å². The van der Waals surface area contributed by atoms with Gasteiger partial charge in [-0.15, -0.1) is 11.8 Å². The van der Waals surface area contributed by atoms with Gasteiger partial charge in [-0.1, -0.05) is 40.7 Å². The minimum Gasteiger partial charge on any atom is -0.494 e. The van der Waals surface area contributed by atoms with Gasteiger partial charge < -0.3 is 14.5 Å². The molecule has 6 heteroatoms. The number of hydrogen-bond acceptors (Lipinski definition) is 5. The van der Waals surface area contributed by atoms with Crippen LogP contribution in [0.1, 0.15) is 68.7 Å². The highest BCUT2D eigenvalue weighted by atomic mass is 16.6. The van der Waals surface area contributed by atoms with E-state index in [-0.39, 0.29) is 10.6 Å². The number of nitro benzene ring substituents is 1. The van der Waals surface area contributed by atoms with Crippen LogP contribution < -0.4 is 4.90 Å². The predicted molar refractivity (Wildman–Crippen MR) is 149 cm³/mol. The Morgan fingerprint density at radius 1 is 1.03 bits per heavy atom. The Morgan fingerprint density at radius 2 is 1.53 bits per heavy atom. The summed E-state index contributed by atoms with van der Waals surface area (Å²) in [7, 11) is 2.10. The molecule has 0 unspecified atom stereocenters. The van der Waals surface area contributed by atoms with Gasteiger partial charge in [-0.2, -0.15) is 0 Å². The number of benzene rings is 1. The molecule has 0 aromatic heterocycles. The lowest BCUT2D eigenvalue weighted by molar-refractivity contribution is -0.384. The van der Waals surface area contributed by atoms with Crippen LogP contribution in [0.4, 0.5) is 11.4 Å². The molecule has 0 atom stereocenters. The Bertz CT molecular complexity index is 703. The number of nitrogens with zero attached hydrogens (tertiary/aromatic N) is 3. The lowest BCUT2D eigenvalue weighted by Crippen LogP contribution is -2.44. The van der Waals surface area contributed by atoms with Crippen LogP contribution in [-0.4, -0.2) is 49.7 Å². The summed E-state index contributed by atoms with van der Waals surface area (Å²) in [4.78, 5) is 14.7. The normalized spacial score (nSPS) is 12.6. The molecule has 194 valence electrons. The molecule has 1 heterocycles. The first-order chi connectivity index (χ1) is 16.4. The molecule has 1 aromatic rings. The molecule has 0 saturated carbocycles. The third-order valence-corrected chi connectivity index (χ3v) is 4.27. The van der Waals surface area contributed by atoms with E-state index in [4.69, 9.17) is 4.74 Å². The van der Waals surface area contributed by atoms with Crippen molar-refractivity contribution in [1.82, 2.24) is 4.90 Å². The zero-order chi connectivity index (χ0) is 26.8. The van der Waals surface area contributed by atoms with Crippen molar-refractivity contribution >= 4 is 11.4 Å². The van der Waals surface area contributed by atoms with Crippen LogP contribution in [0.15, 0.2) is 48.3 Å². The molecule has 6 nitrogen and oxygen atoms in total. The van der Waals surface area contributed by atoms with E-state index in [1.807, 2.05) is 85.8 Å². The number of non-ortho nitro benzene ring substituents is 1. The second-order valence-electron chi connectivity index (χ2n) is 6.60. The standard InChI is InChI=1S/C11H15N3O2.C9H16O.C4H6.2C2H6/c1-12-6-8-13(9-7-12)10-2-4-11(5-3-10)14(15)16;1-4-7-9(6-3)10-8-5-2;1-3-4-2;2*1-2/h2-5H,6-9H2,1H3;4,6-7H,5,8H2,1-3H3;1-2H3;2*1-2H3/b;7-4-,9-6+;;;. The van der Waals surface area contributed by atoms with Gasteiger partial charge in [0.25, 0.3) is 5.69 Å². The maximum Gasteiger partial charge on any atom is 0.269 e. The highest BCUT2D eigenvalue weighted by molar-refractivity contribution is 5.51. The van der Waals surface area contributed by atoms with Crippen LogP contribution in [0.2, 0.25) is 0 Å². The Kier molecular flexibility index (Phi) is 27.9. The van der Waals surface area contributed by atoms with E-state index in [1.165, 1.54) is 0 Å². The van der Waals surface area contributed by atoms with E-state index in [1.54, 1.807) is 12.1 Å². The highest BCUT2D eigenvalue weighted by Crippen LogP contribution is 2.20. The van der Waals surface area contributed by atoms with Crippen LogP contribution in [0, 0.1) is 22.0 Å². The topological polar surface area (TPSA) is 58.8 Å². The summed E-state index contributed by atoms with van der Waals surface area (Å²) in [6, 6.07) is 6.77. The van der Waals surface area contributed by atoms with Gasteiger partial charge in [0, 0.05) is 44.0 Å². The van der Waals surface area contributed by atoms with Crippen molar-refractivity contribution in [3.63, 3.8) is 0 Å². The maximum absolute atomic E-state index is 10.5. The Hall–Kier alpha value is -2.78. The third kappa shape index (κ3) is 18.8. The first-order valence-corrected chi connectivity index (χ1v) is 12.4. The lowest BCUT2D eigenvalue weighted by Gasteiger charge is -2.33. The van der Waals surface area contributed by atoms with Crippen molar-refractivity contribution in [1.29, 1.82) is 0 Å². The Morgan fingerprint density at radius 3 is 1.88 bits per heavy atom. The zero-order valence-electron chi connectivity index (χ0n) is 23.4. The van der Waals surface area contributed by atoms with Crippen molar-refractivity contribution in [3.8, 4) is 11.8 Å². The molecule has 2 rings (SSSR count). The smallest absolute Gasteiger partial charge is 0.269 e. The van der Waals surface area contributed by atoms with Gasteiger partial charge in [-0.25, -0.2) is 0 Å². The fraction of sp³-hybridized carbons (Fsp3) is 0.571. The molecular formula is C28H49N3O3. The summed E-state index contributed by atoms with van der Waals surface area (Å²) < 4.78 is 5.36. The quantitative estimate of drug-likeness (QED) is 0.142. The first-order valence-electron chi connectivity index (χ1n) is 12.4. The molecule has 0 N–H and O–H groups in total. The second-order valence-corrected chi connectivity index (χ2v) is 6.60. The zero-order valence-corrected chi connectivity index (χ0v) is 23.4. The number of allylic oxidation sites excluding steroid dienone is 3.